The van der Waals surface area contributed by atoms with Crippen molar-refractivity contribution >= 4 is 11.9 Å². The van der Waals surface area contributed by atoms with E-state index in [4.69, 9.17) is 9.47 Å². The number of carbonyl (C=O) groups is 2. The Labute approximate surface area is 174 Å². The second-order valence-electron chi connectivity index (χ2n) is 11.1. The molecular formula is C25H36O4. The van der Waals surface area contributed by atoms with Crippen LogP contribution in [0.1, 0.15) is 78.1 Å². The minimum Gasteiger partial charge on any atom is -0.459 e. The van der Waals surface area contributed by atoms with Gasteiger partial charge in [-0.2, -0.15) is 0 Å². The predicted molar refractivity (Wildman–Crippen MR) is 110 cm³/mol. The van der Waals surface area contributed by atoms with Gasteiger partial charge in [-0.3, -0.25) is 4.79 Å². The fraction of sp³-hybridized carbons (Fsp3) is 0.840. The summed E-state index contributed by atoms with van der Waals surface area (Å²) in [6.07, 6.45) is 12.1. The van der Waals surface area contributed by atoms with E-state index >= 15 is 0 Å². The van der Waals surface area contributed by atoms with Gasteiger partial charge >= 0.3 is 11.9 Å². The first-order valence-electron chi connectivity index (χ1n) is 12.0. The molecule has 0 saturated heterocycles. The fourth-order valence-corrected chi connectivity index (χ4v) is 8.62. The molecule has 4 heteroatoms. The zero-order valence-corrected chi connectivity index (χ0v) is 18.0. The van der Waals surface area contributed by atoms with Crippen LogP contribution in [-0.4, -0.2) is 23.1 Å². The third-order valence-electron chi connectivity index (χ3n) is 9.51. The molecule has 29 heavy (non-hydrogen) atoms. The van der Waals surface area contributed by atoms with Crippen LogP contribution in [0.5, 0.6) is 0 Å². The molecular weight excluding hydrogens is 364 g/mol. The highest BCUT2D eigenvalue weighted by Crippen LogP contribution is 2.69. The van der Waals surface area contributed by atoms with Crippen molar-refractivity contribution in [1.29, 1.82) is 0 Å². The molecule has 0 radical (unpaired) electrons. The van der Waals surface area contributed by atoms with Crippen molar-refractivity contribution in [3.63, 3.8) is 0 Å². The Morgan fingerprint density at radius 2 is 1.69 bits per heavy atom. The molecule has 0 amide bonds. The monoisotopic (exact) mass is 400 g/mol. The first-order valence-corrected chi connectivity index (χ1v) is 12.0. The molecule has 4 bridgehead atoms. The number of esters is 2. The molecule has 8 atom stereocenters. The normalized spacial score (nSPS) is 46.3. The molecule has 5 saturated carbocycles. The Hall–Kier alpha value is -1.32. The van der Waals surface area contributed by atoms with Crippen molar-refractivity contribution in [3.8, 4) is 0 Å². The average Bonchev–Trinajstić information content (AvgIpc) is 3.44. The fourth-order valence-electron chi connectivity index (χ4n) is 8.62. The number of ether oxygens (including phenoxy) is 2. The van der Waals surface area contributed by atoms with E-state index in [2.05, 4.69) is 20.4 Å². The van der Waals surface area contributed by atoms with Crippen LogP contribution in [0.15, 0.2) is 12.7 Å². The summed E-state index contributed by atoms with van der Waals surface area (Å²) < 4.78 is 12.0. The zero-order valence-electron chi connectivity index (χ0n) is 18.0. The summed E-state index contributed by atoms with van der Waals surface area (Å²) in [6, 6.07) is 0. The zero-order chi connectivity index (χ0) is 20.4. The average molecular weight is 401 g/mol. The SMILES string of the molecule is C=CC(=O)OC1(C)CC2CC(C1)C1C3CC(CC3C(=O)OC3(CC)CCCC3)C21. The summed E-state index contributed by atoms with van der Waals surface area (Å²) in [5.74, 6) is 3.63. The highest BCUT2D eigenvalue weighted by molar-refractivity contribution is 5.81. The van der Waals surface area contributed by atoms with E-state index in [-0.39, 0.29) is 29.1 Å². The predicted octanol–water partition coefficient (Wildman–Crippen LogP) is 5.06. The van der Waals surface area contributed by atoms with E-state index in [1.807, 2.05) is 0 Å². The maximum absolute atomic E-state index is 13.2. The van der Waals surface area contributed by atoms with Gasteiger partial charge in [0.1, 0.15) is 11.2 Å². The van der Waals surface area contributed by atoms with Crippen molar-refractivity contribution in [3.05, 3.63) is 12.7 Å². The Morgan fingerprint density at radius 1 is 1.00 bits per heavy atom. The molecule has 0 aromatic carbocycles. The minimum atomic E-state index is -0.366. The summed E-state index contributed by atoms with van der Waals surface area (Å²) in [5, 5.41) is 0. The molecule has 0 aromatic heterocycles. The first-order chi connectivity index (χ1) is 13.9. The molecule has 0 aromatic rings. The van der Waals surface area contributed by atoms with Crippen molar-refractivity contribution in [2.24, 2.45) is 41.4 Å². The summed E-state index contributed by atoms with van der Waals surface area (Å²) in [6.45, 7) is 7.83. The molecule has 5 aliphatic carbocycles. The molecule has 5 aliphatic rings. The van der Waals surface area contributed by atoms with Crippen molar-refractivity contribution in [2.75, 3.05) is 0 Å². The lowest BCUT2D eigenvalue weighted by molar-refractivity contribution is -0.168. The molecule has 5 fully saturated rings. The van der Waals surface area contributed by atoms with Gasteiger partial charge in [0.25, 0.3) is 0 Å². The minimum absolute atomic E-state index is 0.0991. The largest absolute Gasteiger partial charge is 0.459 e. The van der Waals surface area contributed by atoms with Crippen molar-refractivity contribution in [2.45, 2.75) is 89.3 Å². The standard InChI is InChI=1S/C25H36O4/c1-4-20(26)28-24(3)13-16-10-17(14-24)22-18-11-15(21(16)22)12-19(18)23(27)29-25(5-2)8-6-7-9-25/h4,15-19,21-22H,1,5-14H2,2-3H3. The number of rotatable bonds is 5. The molecule has 4 nitrogen and oxygen atoms in total. The summed E-state index contributed by atoms with van der Waals surface area (Å²) in [7, 11) is 0. The summed E-state index contributed by atoms with van der Waals surface area (Å²) >= 11 is 0. The lowest BCUT2D eigenvalue weighted by Gasteiger charge is -2.38. The second kappa shape index (κ2) is 6.85. The van der Waals surface area contributed by atoms with Gasteiger partial charge in [-0.05, 0) is 107 Å². The topological polar surface area (TPSA) is 52.6 Å². The van der Waals surface area contributed by atoms with Gasteiger partial charge in [-0.15, -0.1) is 0 Å². The van der Waals surface area contributed by atoms with Gasteiger partial charge in [0.2, 0.25) is 0 Å². The second-order valence-corrected chi connectivity index (χ2v) is 11.1. The third-order valence-corrected chi connectivity index (χ3v) is 9.51. The molecule has 160 valence electrons. The van der Waals surface area contributed by atoms with E-state index in [0.717, 1.165) is 44.4 Å². The molecule has 5 rings (SSSR count). The van der Waals surface area contributed by atoms with Crippen LogP contribution in [-0.2, 0) is 19.1 Å². The van der Waals surface area contributed by atoms with Gasteiger partial charge in [0.05, 0.1) is 5.92 Å². The molecule has 0 aliphatic heterocycles. The molecule has 0 spiro atoms. The maximum atomic E-state index is 13.2. The number of hydrogen-bond donors (Lipinski definition) is 0. The van der Waals surface area contributed by atoms with Crippen LogP contribution in [0.2, 0.25) is 0 Å². The number of fused-ring (bicyclic) bond motifs is 9. The maximum Gasteiger partial charge on any atom is 0.330 e. The Bertz CT molecular complexity index is 708. The van der Waals surface area contributed by atoms with Crippen LogP contribution in [0.4, 0.5) is 0 Å². The summed E-state index contributed by atoms with van der Waals surface area (Å²) in [4.78, 5) is 25.1. The van der Waals surface area contributed by atoms with Gasteiger partial charge < -0.3 is 9.47 Å². The van der Waals surface area contributed by atoms with Crippen LogP contribution in [0, 0.1) is 41.4 Å². The molecule has 8 unspecified atom stereocenters. The number of hydrogen-bond acceptors (Lipinski definition) is 4. The highest BCUT2D eigenvalue weighted by Gasteiger charge is 2.65. The van der Waals surface area contributed by atoms with Crippen molar-refractivity contribution in [1.82, 2.24) is 0 Å². The van der Waals surface area contributed by atoms with Crippen LogP contribution in [0.25, 0.3) is 0 Å². The van der Waals surface area contributed by atoms with Gasteiger partial charge in [0.15, 0.2) is 0 Å². The van der Waals surface area contributed by atoms with E-state index in [1.165, 1.54) is 31.8 Å². The first kappa shape index (κ1) is 19.6. The van der Waals surface area contributed by atoms with Gasteiger partial charge in [-0.25, -0.2) is 4.79 Å². The Morgan fingerprint density at radius 3 is 2.34 bits per heavy atom. The highest BCUT2D eigenvalue weighted by atomic mass is 16.6. The lowest BCUT2D eigenvalue weighted by Crippen LogP contribution is -2.39. The smallest absolute Gasteiger partial charge is 0.330 e. The molecule has 0 heterocycles. The van der Waals surface area contributed by atoms with Gasteiger partial charge in [-0.1, -0.05) is 13.5 Å². The third kappa shape index (κ3) is 3.08. The van der Waals surface area contributed by atoms with E-state index in [9.17, 15) is 9.59 Å². The molecule has 0 N–H and O–H groups in total. The number of carbonyl (C=O) groups excluding carboxylic acids is 2. The van der Waals surface area contributed by atoms with Crippen LogP contribution in [0.3, 0.4) is 0 Å². The van der Waals surface area contributed by atoms with E-state index in [1.54, 1.807) is 0 Å². The van der Waals surface area contributed by atoms with E-state index in [0.29, 0.717) is 29.6 Å². The van der Waals surface area contributed by atoms with Crippen LogP contribution >= 0.6 is 0 Å². The van der Waals surface area contributed by atoms with Gasteiger partial charge in [0, 0.05) is 6.08 Å². The summed E-state index contributed by atoms with van der Waals surface area (Å²) in [5.41, 5.74) is -0.546. The van der Waals surface area contributed by atoms with E-state index < -0.39 is 0 Å². The quantitative estimate of drug-likeness (QED) is 0.368. The van der Waals surface area contributed by atoms with Crippen LogP contribution < -0.4 is 0 Å². The lowest BCUT2D eigenvalue weighted by atomic mass is 9.71. The Kier molecular flexibility index (Phi) is 4.64. The Balaban J connectivity index is 1.31. The van der Waals surface area contributed by atoms with Crippen molar-refractivity contribution < 1.29 is 19.1 Å².